The van der Waals surface area contributed by atoms with Crippen molar-refractivity contribution in [3.63, 3.8) is 0 Å². The number of hydrogen-bond acceptors (Lipinski definition) is 2. The molecule has 88 valence electrons. The first-order chi connectivity index (χ1) is 7.08. The lowest BCUT2D eigenvalue weighted by Crippen LogP contribution is -2.46. The van der Waals surface area contributed by atoms with Gasteiger partial charge < -0.3 is 9.64 Å². The van der Waals surface area contributed by atoms with E-state index >= 15 is 0 Å². The van der Waals surface area contributed by atoms with Gasteiger partial charge in [-0.1, -0.05) is 33.6 Å². The van der Waals surface area contributed by atoms with Crippen LogP contribution in [0.1, 0.15) is 40.0 Å². The first kappa shape index (κ1) is 12.5. The maximum atomic E-state index is 12.2. The summed E-state index contributed by atoms with van der Waals surface area (Å²) in [7, 11) is 0. The van der Waals surface area contributed by atoms with E-state index in [1.807, 2.05) is 4.90 Å². The second kappa shape index (κ2) is 5.50. The van der Waals surface area contributed by atoms with Gasteiger partial charge in [0.1, 0.15) is 0 Å². The van der Waals surface area contributed by atoms with E-state index in [9.17, 15) is 4.79 Å². The molecule has 15 heavy (non-hydrogen) atoms. The molecular weight excluding hydrogens is 190 g/mol. The van der Waals surface area contributed by atoms with Crippen LogP contribution >= 0.6 is 0 Å². The van der Waals surface area contributed by atoms with Gasteiger partial charge in [0.15, 0.2) is 0 Å². The third-order valence-electron chi connectivity index (χ3n) is 3.03. The topological polar surface area (TPSA) is 29.5 Å². The van der Waals surface area contributed by atoms with Gasteiger partial charge in [-0.15, -0.1) is 0 Å². The second-order valence-corrected chi connectivity index (χ2v) is 4.89. The highest BCUT2D eigenvalue weighted by Gasteiger charge is 2.31. The molecule has 0 aromatic rings. The lowest BCUT2D eigenvalue weighted by molar-refractivity contribution is -0.144. The van der Waals surface area contributed by atoms with E-state index in [1.165, 1.54) is 0 Å². The van der Waals surface area contributed by atoms with Gasteiger partial charge in [-0.05, 0) is 6.42 Å². The number of ether oxygens (including phenoxy) is 1. The van der Waals surface area contributed by atoms with Crippen LogP contribution in [-0.4, -0.2) is 37.1 Å². The molecule has 0 radical (unpaired) electrons. The minimum atomic E-state index is -0.201. The summed E-state index contributed by atoms with van der Waals surface area (Å²) in [5.41, 5.74) is -0.201. The fourth-order valence-corrected chi connectivity index (χ4v) is 1.92. The summed E-state index contributed by atoms with van der Waals surface area (Å²) >= 11 is 0. The standard InChI is InChI=1S/C12H23NO2/c1-4-5-6-12(2,3)11(14)13-7-9-15-10-8-13/h4-10H2,1-3H3. The number of rotatable bonds is 4. The summed E-state index contributed by atoms with van der Waals surface area (Å²) in [5.74, 6) is 0.291. The fraction of sp³-hybridized carbons (Fsp3) is 0.917. The molecule has 1 rings (SSSR count). The molecule has 0 N–H and O–H groups in total. The second-order valence-electron chi connectivity index (χ2n) is 4.89. The number of amides is 1. The molecule has 1 fully saturated rings. The Morgan fingerprint density at radius 3 is 2.47 bits per heavy atom. The molecule has 1 heterocycles. The summed E-state index contributed by atoms with van der Waals surface area (Å²) in [6.07, 6.45) is 3.27. The first-order valence-electron chi connectivity index (χ1n) is 5.95. The largest absolute Gasteiger partial charge is 0.378 e. The Morgan fingerprint density at radius 1 is 1.33 bits per heavy atom. The molecule has 0 aromatic heterocycles. The van der Waals surface area contributed by atoms with Crippen molar-refractivity contribution in [3.05, 3.63) is 0 Å². The van der Waals surface area contributed by atoms with Gasteiger partial charge in [0.05, 0.1) is 13.2 Å². The van der Waals surface area contributed by atoms with Gasteiger partial charge >= 0.3 is 0 Å². The molecule has 1 aliphatic rings. The zero-order chi connectivity index (χ0) is 11.3. The Balaban J connectivity index is 2.48. The summed E-state index contributed by atoms with van der Waals surface area (Å²) in [4.78, 5) is 14.1. The predicted octanol–water partition coefficient (Wildman–Crippen LogP) is 2.06. The first-order valence-corrected chi connectivity index (χ1v) is 5.95. The lowest BCUT2D eigenvalue weighted by Gasteiger charge is -2.34. The van der Waals surface area contributed by atoms with Gasteiger partial charge in [0, 0.05) is 18.5 Å². The minimum absolute atomic E-state index is 0.201. The van der Waals surface area contributed by atoms with Gasteiger partial charge in [0.25, 0.3) is 0 Å². The van der Waals surface area contributed by atoms with Crippen molar-refractivity contribution in [3.8, 4) is 0 Å². The highest BCUT2D eigenvalue weighted by molar-refractivity contribution is 5.82. The van der Waals surface area contributed by atoms with Crippen molar-refractivity contribution in [1.82, 2.24) is 4.90 Å². The Labute approximate surface area is 92.8 Å². The predicted molar refractivity (Wildman–Crippen MR) is 60.7 cm³/mol. The van der Waals surface area contributed by atoms with Crippen LogP contribution in [0.5, 0.6) is 0 Å². The molecule has 1 saturated heterocycles. The minimum Gasteiger partial charge on any atom is -0.378 e. The average molecular weight is 213 g/mol. The normalized spacial score (nSPS) is 17.9. The third-order valence-corrected chi connectivity index (χ3v) is 3.03. The van der Waals surface area contributed by atoms with Crippen LogP contribution in [0.25, 0.3) is 0 Å². The lowest BCUT2D eigenvalue weighted by atomic mass is 9.85. The van der Waals surface area contributed by atoms with Crippen molar-refractivity contribution < 1.29 is 9.53 Å². The van der Waals surface area contributed by atoms with Crippen molar-refractivity contribution in [1.29, 1.82) is 0 Å². The van der Waals surface area contributed by atoms with Crippen molar-refractivity contribution in [2.24, 2.45) is 5.41 Å². The number of hydrogen-bond donors (Lipinski definition) is 0. The molecule has 0 spiro atoms. The molecule has 0 aliphatic carbocycles. The summed E-state index contributed by atoms with van der Waals surface area (Å²) in [5, 5.41) is 0. The van der Waals surface area contributed by atoms with Gasteiger partial charge in [0.2, 0.25) is 5.91 Å². The molecule has 3 nitrogen and oxygen atoms in total. The van der Waals surface area contributed by atoms with Crippen molar-refractivity contribution >= 4 is 5.91 Å². The van der Waals surface area contributed by atoms with E-state index in [-0.39, 0.29) is 5.41 Å². The SMILES string of the molecule is CCCCC(C)(C)C(=O)N1CCOCC1. The van der Waals surface area contributed by atoms with Crippen LogP contribution in [-0.2, 0) is 9.53 Å². The molecule has 0 unspecified atom stereocenters. The summed E-state index contributed by atoms with van der Waals surface area (Å²) in [6, 6.07) is 0. The monoisotopic (exact) mass is 213 g/mol. The maximum Gasteiger partial charge on any atom is 0.228 e. The van der Waals surface area contributed by atoms with Crippen molar-refractivity contribution in [2.75, 3.05) is 26.3 Å². The Kier molecular flexibility index (Phi) is 4.58. The van der Waals surface area contributed by atoms with Crippen LogP contribution in [0, 0.1) is 5.41 Å². The smallest absolute Gasteiger partial charge is 0.228 e. The van der Waals surface area contributed by atoms with E-state index in [2.05, 4.69) is 20.8 Å². The zero-order valence-electron chi connectivity index (χ0n) is 10.2. The van der Waals surface area contributed by atoms with E-state index in [1.54, 1.807) is 0 Å². The van der Waals surface area contributed by atoms with Crippen LogP contribution in [0.3, 0.4) is 0 Å². The van der Waals surface area contributed by atoms with Crippen LogP contribution in [0.4, 0.5) is 0 Å². The van der Waals surface area contributed by atoms with Crippen LogP contribution in [0.15, 0.2) is 0 Å². The molecule has 1 amide bonds. The molecule has 0 aromatic carbocycles. The van der Waals surface area contributed by atoms with Crippen molar-refractivity contribution in [2.45, 2.75) is 40.0 Å². The quantitative estimate of drug-likeness (QED) is 0.715. The molecule has 1 aliphatic heterocycles. The van der Waals surface area contributed by atoms with Gasteiger partial charge in [-0.3, -0.25) is 4.79 Å². The Bertz CT molecular complexity index is 208. The Morgan fingerprint density at radius 2 is 1.93 bits per heavy atom. The van der Waals surface area contributed by atoms with E-state index in [4.69, 9.17) is 4.74 Å². The highest BCUT2D eigenvalue weighted by Crippen LogP contribution is 2.26. The van der Waals surface area contributed by atoms with E-state index < -0.39 is 0 Å². The van der Waals surface area contributed by atoms with Crippen LogP contribution in [0.2, 0.25) is 0 Å². The number of carbonyl (C=O) groups is 1. The molecule has 0 saturated carbocycles. The highest BCUT2D eigenvalue weighted by atomic mass is 16.5. The molecule has 0 atom stereocenters. The number of nitrogens with zero attached hydrogens (tertiary/aromatic N) is 1. The van der Waals surface area contributed by atoms with Crippen LogP contribution < -0.4 is 0 Å². The molecular formula is C12H23NO2. The fourth-order valence-electron chi connectivity index (χ4n) is 1.92. The molecule has 3 heteroatoms. The number of carbonyl (C=O) groups excluding carboxylic acids is 1. The summed E-state index contributed by atoms with van der Waals surface area (Å²) < 4.78 is 5.25. The van der Waals surface area contributed by atoms with Gasteiger partial charge in [-0.25, -0.2) is 0 Å². The number of morpholine rings is 1. The zero-order valence-corrected chi connectivity index (χ0v) is 10.2. The summed E-state index contributed by atoms with van der Waals surface area (Å²) in [6.45, 7) is 9.17. The maximum absolute atomic E-state index is 12.2. The average Bonchev–Trinajstić information content (AvgIpc) is 2.26. The van der Waals surface area contributed by atoms with Gasteiger partial charge in [-0.2, -0.15) is 0 Å². The Hall–Kier alpha value is -0.570. The number of unbranched alkanes of at least 4 members (excludes halogenated alkanes) is 1. The van der Waals surface area contributed by atoms with E-state index in [0.29, 0.717) is 19.1 Å². The molecule has 0 bridgehead atoms. The van der Waals surface area contributed by atoms with E-state index in [0.717, 1.165) is 32.4 Å². The third kappa shape index (κ3) is 3.49.